The number of benzene rings is 2. The Morgan fingerprint density at radius 1 is 0.926 bits per heavy atom. The van der Waals surface area contributed by atoms with Gasteiger partial charge in [-0.05, 0) is 73.7 Å². The Morgan fingerprint density at radius 3 is 2.19 bits per heavy atom. The van der Waals surface area contributed by atoms with Crippen LogP contribution in [-0.4, -0.2) is 17.9 Å². The highest BCUT2D eigenvalue weighted by Gasteiger charge is 2.16. The van der Waals surface area contributed by atoms with Crippen molar-refractivity contribution in [2.45, 2.75) is 53.6 Å². The predicted molar refractivity (Wildman–Crippen MR) is 109 cm³/mol. The summed E-state index contributed by atoms with van der Waals surface area (Å²) in [6.45, 7) is 11.4. The van der Waals surface area contributed by atoms with Crippen LogP contribution in [0.15, 0.2) is 36.4 Å². The van der Waals surface area contributed by atoms with E-state index in [9.17, 15) is 9.59 Å². The molecule has 2 rings (SSSR count). The van der Waals surface area contributed by atoms with Crippen molar-refractivity contribution in [2.24, 2.45) is 0 Å². The summed E-state index contributed by atoms with van der Waals surface area (Å²) < 4.78 is 5.80. The number of ether oxygens (including phenoxy) is 1. The molecule has 2 aromatic carbocycles. The Balaban J connectivity index is 2.02. The summed E-state index contributed by atoms with van der Waals surface area (Å²) >= 11 is 0. The van der Waals surface area contributed by atoms with Gasteiger partial charge >= 0.3 is 0 Å². The number of carbonyl (C=O) groups excluding carboxylic acids is 2. The summed E-state index contributed by atoms with van der Waals surface area (Å²) in [4.78, 5) is 23.6. The monoisotopic (exact) mass is 368 g/mol. The average Bonchev–Trinajstić information content (AvgIpc) is 2.56. The van der Waals surface area contributed by atoms with Crippen LogP contribution in [0.1, 0.15) is 50.3 Å². The van der Waals surface area contributed by atoms with Crippen molar-refractivity contribution in [3.05, 3.63) is 53.1 Å². The molecule has 0 aromatic heterocycles. The summed E-state index contributed by atoms with van der Waals surface area (Å²) in [7, 11) is 0. The van der Waals surface area contributed by atoms with E-state index in [0.29, 0.717) is 17.4 Å². The van der Waals surface area contributed by atoms with Crippen molar-refractivity contribution in [1.29, 1.82) is 0 Å². The minimum atomic E-state index is -0.635. The van der Waals surface area contributed by atoms with Crippen LogP contribution < -0.4 is 15.4 Å². The molecule has 27 heavy (non-hydrogen) atoms. The molecular weight excluding hydrogens is 340 g/mol. The number of hydrogen-bond donors (Lipinski definition) is 2. The fourth-order valence-corrected chi connectivity index (χ4v) is 2.94. The number of aryl methyl sites for hydroxylation is 2. The van der Waals surface area contributed by atoms with Crippen LogP contribution in [0, 0.1) is 13.8 Å². The molecule has 1 unspecified atom stereocenters. The Morgan fingerprint density at radius 2 is 1.63 bits per heavy atom. The first-order valence-corrected chi connectivity index (χ1v) is 9.13. The van der Waals surface area contributed by atoms with Crippen LogP contribution in [0.3, 0.4) is 0 Å². The van der Waals surface area contributed by atoms with Gasteiger partial charge in [-0.15, -0.1) is 0 Å². The highest BCUT2D eigenvalue weighted by atomic mass is 16.5. The molecule has 2 aromatic rings. The quantitative estimate of drug-likeness (QED) is 0.770. The number of rotatable bonds is 6. The Hall–Kier alpha value is -2.82. The largest absolute Gasteiger partial charge is 0.481 e. The number of carbonyl (C=O) groups is 2. The molecule has 0 aliphatic carbocycles. The highest BCUT2D eigenvalue weighted by molar-refractivity contribution is 5.95. The van der Waals surface area contributed by atoms with Crippen molar-refractivity contribution >= 4 is 23.2 Å². The molecule has 144 valence electrons. The third-order valence-electron chi connectivity index (χ3n) is 4.35. The molecule has 0 radical (unpaired) electrons. The first kappa shape index (κ1) is 20.5. The minimum Gasteiger partial charge on any atom is -0.481 e. The van der Waals surface area contributed by atoms with Gasteiger partial charge in [-0.25, -0.2) is 0 Å². The van der Waals surface area contributed by atoms with Crippen LogP contribution in [-0.2, 0) is 9.59 Å². The van der Waals surface area contributed by atoms with Gasteiger partial charge in [0.05, 0.1) is 0 Å². The zero-order valence-corrected chi connectivity index (χ0v) is 16.8. The van der Waals surface area contributed by atoms with Crippen LogP contribution in [0.5, 0.6) is 5.75 Å². The van der Waals surface area contributed by atoms with E-state index in [1.807, 2.05) is 38.1 Å². The van der Waals surface area contributed by atoms with Crippen molar-refractivity contribution in [2.75, 3.05) is 10.6 Å². The van der Waals surface area contributed by atoms with E-state index >= 15 is 0 Å². The maximum absolute atomic E-state index is 12.4. The van der Waals surface area contributed by atoms with Gasteiger partial charge in [-0.1, -0.05) is 19.9 Å². The molecule has 0 bridgehead atoms. The SMILES string of the molecule is CC(=O)Nc1ccc(NC(=O)C(C)Oc2ccc(C(C)C)c(C)c2)cc1C. The second-order valence-electron chi connectivity index (χ2n) is 7.13. The zero-order chi connectivity index (χ0) is 20.1. The molecule has 0 saturated heterocycles. The standard InChI is InChI=1S/C22H28N2O3/c1-13(2)20-9-8-19(12-14(20)3)27-16(5)22(26)24-18-7-10-21(15(4)11-18)23-17(6)25/h7-13,16H,1-6H3,(H,23,25)(H,24,26). The highest BCUT2D eigenvalue weighted by Crippen LogP contribution is 2.24. The molecule has 0 heterocycles. The van der Waals surface area contributed by atoms with E-state index in [-0.39, 0.29) is 11.8 Å². The van der Waals surface area contributed by atoms with E-state index < -0.39 is 6.10 Å². The summed E-state index contributed by atoms with van der Waals surface area (Å²) in [5.74, 6) is 0.767. The van der Waals surface area contributed by atoms with Gasteiger partial charge in [0.25, 0.3) is 5.91 Å². The maximum atomic E-state index is 12.4. The number of nitrogens with one attached hydrogen (secondary N) is 2. The van der Waals surface area contributed by atoms with E-state index in [1.165, 1.54) is 12.5 Å². The Kier molecular flexibility index (Phi) is 6.61. The fourth-order valence-electron chi connectivity index (χ4n) is 2.94. The van der Waals surface area contributed by atoms with Crippen molar-refractivity contribution in [3.63, 3.8) is 0 Å². The van der Waals surface area contributed by atoms with Gasteiger partial charge in [0, 0.05) is 18.3 Å². The van der Waals surface area contributed by atoms with Crippen molar-refractivity contribution in [3.8, 4) is 5.75 Å². The molecule has 0 aliphatic heterocycles. The van der Waals surface area contributed by atoms with Crippen LogP contribution in [0.4, 0.5) is 11.4 Å². The van der Waals surface area contributed by atoms with E-state index in [4.69, 9.17) is 4.74 Å². The average molecular weight is 368 g/mol. The molecule has 0 aliphatic rings. The summed E-state index contributed by atoms with van der Waals surface area (Å²) in [5.41, 5.74) is 4.68. The van der Waals surface area contributed by atoms with Crippen molar-refractivity contribution in [1.82, 2.24) is 0 Å². The maximum Gasteiger partial charge on any atom is 0.265 e. The number of anilines is 2. The van der Waals surface area contributed by atoms with Gasteiger partial charge in [0.1, 0.15) is 5.75 Å². The molecule has 0 saturated carbocycles. The first-order valence-electron chi connectivity index (χ1n) is 9.13. The number of amides is 2. The lowest BCUT2D eigenvalue weighted by molar-refractivity contribution is -0.122. The Labute approximate surface area is 161 Å². The molecular formula is C22H28N2O3. The van der Waals surface area contributed by atoms with Crippen LogP contribution >= 0.6 is 0 Å². The summed E-state index contributed by atoms with van der Waals surface area (Å²) in [6, 6.07) is 11.3. The lowest BCUT2D eigenvalue weighted by atomic mass is 9.98. The second kappa shape index (κ2) is 8.71. The lowest BCUT2D eigenvalue weighted by Crippen LogP contribution is -2.30. The Bertz CT molecular complexity index is 843. The van der Waals surface area contributed by atoms with Gasteiger partial charge in [-0.2, -0.15) is 0 Å². The zero-order valence-electron chi connectivity index (χ0n) is 16.8. The topological polar surface area (TPSA) is 67.4 Å². The summed E-state index contributed by atoms with van der Waals surface area (Å²) in [6.07, 6.45) is -0.635. The smallest absolute Gasteiger partial charge is 0.265 e. The fraction of sp³-hybridized carbons (Fsp3) is 0.364. The van der Waals surface area contributed by atoms with Gasteiger partial charge < -0.3 is 15.4 Å². The molecule has 2 amide bonds. The third kappa shape index (κ3) is 5.58. The normalized spacial score (nSPS) is 11.8. The minimum absolute atomic E-state index is 0.129. The van der Waals surface area contributed by atoms with Gasteiger partial charge in [0.15, 0.2) is 6.10 Å². The van der Waals surface area contributed by atoms with Gasteiger partial charge in [-0.3, -0.25) is 9.59 Å². The predicted octanol–water partition coefficient (Wildman–Crippen LogP) is 4.79. The summed E-state index contributed by atoms with van der Waals surface area (Å²) in [5, 5.41) is 5.60. The lowest BCUT2D eigenvalue weighted by Gasteiger charge is -2.17. The van der Waals surface area contributed by atoms with Crippen molar-refractivity contribution < 1.29 is 14.3 Å². The molecule has 2 N–H and O–H groups in total. The molecule has 5 nitrogen and oxygen atoms in total. The molecule has 0 fully saturated rings. The van der Waals surface area contributed by atoms with E-state index in [1.54, 1.807) is 19.1 Å². The third-order valence-corrected chi connectivity index (χ3v) is 4.35. The molecule has 5 heteroatoms. The molecule has 1 atom stereocenters. The second-order valence-corrected chi connectivity index (χ2v) is 7.13. The van der Waals surface area contributed by atoms with Gasteiger partial charge in [0.2, 0.25) is 5.91 Å². The van der Waals surface area contributed by atoms with E-state index in [2.05, 4.69) is 24.5 Å². The first-order chi connectivity index (χ1) is 12.7. The van der Waals surface area contributed by atoms with Crippen LogP contribution in [0.2, 0.25) is 0 Å². The number of hydrogen-bond acceptors (Lipinski definition) is 3. The van der Waals surface area contributed by atoms with E-state index in [0.717, 1.165) is 16.8 Å². The van der Waals surface area contributed by atoms with Crippen LogP contribution in [0.25, 0.3) is 0 Å². The molecule has 0 spiro atoms.